The predicted molar refractivity (Wildman–Crippen MR) is 66.6 cm³/mol. The minimum Gasteiger partial charge on any atom is -0.383 e. The largest absolute Gasteiger partial charge is 0.383 e. The third kappa shape index (κ3) is 3.59. The molecule has 1 aromatic rings. The minimum absolute atomic E-state index is 0.421. The molecule has 0 aliphatic carbocycles. The van der Waals surface area contributed by atoms with Crippen LogP contribution in [0.1, 0.15) is 36.8 Å². The van der Waals surface area contributed by atoms with Gasteiger partial charge in [0, 0.05) is 24.1 Å². The maximum atomic E-state index is 5.18. The van der Waals surface area contributed by atoms with Crippen molar-refractivity contribution in [2.75, 3.05) is 13.7 Å². The quantitative estimate of drug-likeness (QED) is 0.806. The molecule has 0 bridgehead atoms. The summed E-state index contributed by atoms with van der Waals surface area (Å²) in [6, 6.07) is 3.05. The van der Waals surface area contributed by atoms with Crippen molar-refractivity contribution in [1.29, 1.82) is 0 Å². The molecular formula is C12H21NOS. The molecule has 0 aliphatic rings. The molecule has 1 N–H and O–H groups in total. The highest BCUT2D eigenvalue weighted by Crippen LogP contribution is 2.23. The van der Waals surface area contributed by atoms with Crippen LogP contribution in [0.25, 0.3) is 0 Å². The van der Waals surface area contributed by atoms with Crippen molar-refractivity contribution < 1.29 is 4.74 Å². The van der Waals surface area contributed by atoms with Gasteiger partial charge in [0.1, 0.15) is 0 Å². The van der Waals surface area contributed by atoms with Gasteiger partial charge in [-0.3, -0.25) is 0 Å². The average Bonchev–Trinajstić information content (AvgIpc) is 2.63. The van der Waals surface area contributed by atoms with Gasteiger partial charge in [0.05, 0.1) is 6.61 Å². The average molecular weight is 227 g/mol. The molecule has 0 fully saturated rings. The fraction of sp³-hybridized carbons (Fsp3) is 0.667. The van der Waals surface area contributed by atoms with E-state index in [-0.39, 0.29) is 0 Å². The second kappa shape index (κ2) is 6.26. The van der Waals surface area contributed by atoms with Crippen LogP contribution >= 0.6 is 11.3 Å². The molecule has 1 rings (SSSR count). The maximum Gasteiger partial charge on any atom is 0.0615 e. The highest BCUT2D eigenvalue weighted by Gasteiger charge is 2.13. The zero-order valence-electron chi connectivity index (χ0n) is 10.0. The Hall–Kier alpha value is -0.380. The molecule has 86 valence electrons. The van der Waals surface area contributed by atoms with E-state index >= 15 is 0 Å². The summed E-state index contributed by atoms with van der Waals surface area (Å²) in [5.41, 5.74) is 1.38. The van der Waals surface area contributed by atoms with Gasteiger partial charge in [0.15, 0.2) is 0 Å². The van der Waals surface area contributed by atoms with Crippen LogP contribution < -0.4 is 5.32 Å². The Labute approximate surface area is 96.7 Å². The number of hydrogen-bond acceptors (Lipinski definition) is 3. The summed E-state index contributed by atoms with van der Waals surface area (Å²) < 4.78 is 5.18. The standard InChI is InChI=1S/C12H21NOS/c1-5-11(8-14-4)13-10(3)12-9(2)6-7-15-12/h6-7,10-11,13H,5,8H2,1-4H3/t10-,11+/m1/s1. The summed E-state index contributed by atoms with van der Waals surface area (Å²) in [5.74, 6) is 0. The van der Waals surface area contributed by atoms with Gasteiger partial charge in [0.25, 0.3) is 0 Å². The molecule has 3 heteroatoms. The summed E-state index contributed by atoms with van der Waals surface area (Å²) in [6.45, 7) is 7.36. The lowest BCUT2D eigenvalue weighted by Crippen LogP contribution is -2.34. The number of rotatable bonds is 6. The Balaban J connectivity index is 2.54. The summed E-state index contributed by atoms with van der Waals surface area (Å²) in [5, 5.41) is 5.75. The van der Waals surface area contributed by atoms with E-state index in [1.165, 1.54) is 10.4 Å². The van der Waals surface area contributed by atoms with Gasteiger partial charge in [-0.05, 0) is 37.3 Å². The van der Waals surface area contributed by atoms with E-state index < -0.39 is 0 Å². The Morgan fingerprint density at radius 1 is 1.53 bits per heavy atom. The van der Waals surface area contributed by atoms with Crippen LogP contribution in [0.3, 0.4) is 0 Å². The molecule has 0 unspecified atom stereocenters. The first-order valence-corrected chi connectivity index (χ1v) is 6.36. The number of hydrogen-bond donors (Lipinski definition) is 1. The number of aryl methyl sites for hydroxylation is 1. The van der Waals surface area contributed by atoms with Gasteiger partial charge < -0.3 is 10.1 Å². The Morgan fingerprint density at radius 2 is 2.27 bits per heavy atom. The minimum atomic E-state index is 0.421. The van der Waals surface area contributed by atoms with Crippen molar-refractivity contribution in [3.05, 3.63) is 21.9 Å². The third-order valence-corrected chi connectivity index (χ3v) is 3.84. The second-order valence-electron chi connectivity index (χ2n) is 3.92. The first-order valence-electron chi connectivity index (χ1n) is 5.48. The van der Waals surface area contributed by atoms with E-state index in [9.17, 15) is 0 Å². The van der Waals surface area contributed by atoms with Crippen molar-refractivity contribution in [3.63, 3.8) is 0 Å². The molecule has 15 heavy (non-hydrogen) atoms. The van der Waals surface area contributed by atoms with Gasteiger partial charge in [-0.25, -0.2) is 0 Å². The van der Waals surface area contributed by atoms with Crippen LogP contribution in [-0.4, -0.2) is 19.8 Å². The Morgan fingerprint density at radius 3 is 2.73 bits per heavy atom. The van der Waals surface area contributed by atoms with Crippen LogP contribution in [0.5, 0.6) is 0 Å². The molecule has 0 saturated carbocycles. The van der Waals surface area contributed by atoms with E-state index in [1.54, 1.807) is 7.11 Å². The van der Waals surface area contributed by atoms with Crippen LogP contribution in [0.15, 0.2) is 11.4 Å². The number of thiophene rings is 1. The summed E-state index contributed by atoms with van der Waals surface area (Å²) in [7, 11) is 1.76. The van der Waals surface area contributed by atoms with Crippen LogP contribution in [0.2, 0.25) is 0 Å². The van der Waals surface area contributed by atoms with Crippen molar-refractivity contribution >= 4 is 11.3 Å². The van der Waals surface area contributed by atoms with Crippen LogP contribution in [0, 0.1) is 6.92 Å². The zero-order valence-corrected chi connectivity index (χ0v) is 10.9. The van der Waals surface area contributed by atoms with Crippen molar-refractivity contribution in [2.45, 2.75) is 39.3 Å². The molecule has 2 nitrogen and oxygen atoms in total. The molecule has 0 radical (unpaired) electrons. The van der Waals surface area contributed by atoms with Crippen molar-refractivity contribution in [1.82, 2.24) is 5.32 Å². The molecule has 1 heterocycles. The molecule has 0 spiro atoms. The fourth-order valence-corrected chi connectivity index (χ4v) is 2.69. The van der Waals surface area contributed by atoms with Gasteiger partial charge in [-0.15, -0.1) is 11.3 Å². The topological polar surface area (TPSA) is 21.3 Å². The number of nitrogens with one attached hydrogen (secondary N) is 1. The first-order chi connectivity index (χ1) is 7.19. The van der Waals surface area contributed by atoms with E-state index in [2.05, 4.69) is 37.5 Å². The first kappa shape index (κ1) is 12.7. The molecule has 0 aliphatic heterocycles. The van der Waals surface area contributed by atoms with Crippen molar-refractivity contribution in [2.24, 2.45) is 0 Å². The normalized spacial score (nSPS) is 15.2. The van der Waals surface area contributed by atoms with E-state index in [0.29, 0.717) is 12.1 Å². The maximum absolute atomic E-state index is 5.18. The summed E-state index contributed by atoms with van der Waals surface area (Å²) in [4.78, 5) is 1.43. The molecule has 2 atom stereocenters. The van der Waals surface area contributed by atoms with E-state index in [1.807, 2.05) is 11.3 Å². The lowest BCUT2D eigenvalue weighted by atomic mass is 10.1. The molecule has 0 aromatic carbocycles. The Bertz CT molecular complexity index is 285. The zero-order chi connectivity index (χ0) is 11.3. The lowest BCUT2D eigenvalue weighted by Gasteiger charge is -2.21. The smallest absolute Gasteiger partial charge is 0.0615 e. The van der Waals surface area contributed by atoms with Gasteiger partial charge in [-0.1, -0.05) is 6.92 Å². The lowest BCUT2D eigenvalue weighted by molar-refractivity contribution is 0.159. The molecule has 0 saturated heterocycles. The molecular weight excluding hydrogens is 206 g/mol. The van der Waals surface area contributed by atoms with Gasteiger partial charge >= 0.3 is 0 Å². The van der Waals surface area contributed by atoms with E-state index in [0.717, 1.165) is 13.0 Å². The second-order valence-corrected chi connectivity index (χ2v) is 4.86. The fourth-order valence-electron chi connectivity index (χ4n) is 1.74. The third-order valence-electron chi connectivity index (χ3n) is 2.64. The Kier molecular flexibility index (Phi) is 5.29. The molecule has 1 aromatic heterocycles. The number of methoxy groups -OCH3 is 1. The summed E-state index contributed by atoms with van der Waals surface area (Å²) >= 11 is 1.82. The highest BCUT2D eigenvalue weighted by molar-refractivity contribution is 7.10. The monoisotopic (exact) mass is 227 g/mol. The number of ether oxygens (including phenoxy) is 1. The van der Waals surface area contributed by atoms with Gasteiger partial charge in [-0.2, -0.15) is 0 Å². The van der Waals surface area contributed by atoms with Crippen LogP contribution in [0.4, 0.5) is 0 Å². The van der Waals surface area contributed by atoms with Crippen LogP contribution in [-0.2, 0) is 4.74 Å². The van der Waals surface area contributed by atoms with Crippen molar-refractivity contribution in [3.8, 4) is 0 Å². The SMILES string of the molecule is CC[C@@H](COC)N[C@H](C)c1sccc1C. The van der Waals surface area contributed by atoms with E-state index in [4.69, 9.17) is 4.74 Å². The highest BCUT2D eigenvalue weighted by atomic mass is 32.1. The summed E-state index contributed by atoms with van der Waals surface area (Å²) in [6.07, 6.45) is 1.10. The predicted octanol–water partition coefficient (Wildman–Crippen LogP) is 3.13. The van der Waals surface area contributed by atoms with Gasteiger partial charge in [0.2, 0.25) is 0 Å². The molecule has 0 amide bonds.